The van der Waals surface area contributed by atoms with Crippen LogP contribution in [-0.4, -0.2) is 17.1 Å². The Labute approximate surface area is 170 Å². The van der Waals surface area contributed by atoms with E-state index in [2.05, 4.69) is 37.0 Å². The third-order valence-electron chi connectivity index (χ3n) is 8.48. The Bertz CT molecular complexity index is 757. The maximum atomic E-state index is 11.8. The van der Waals surface area contributed by atoms with E-state index in [0.717, 1.165) is 24.7 Å². The van der Waals surface area contributed by atoms with Gasteiger partial charge in [0, 0.05) is 24.2 Å². The van der Waals surface area contributed by atoms with E-state index in [0.29, 0.717) is 12.3 Å². The third kappa shape index (κ3) is 2.84. The van der Waals surface area contributed by atoms with Crippen LogP contribution in [0.3, 0.4) is 0 Å². The minimum atomic E-state index is 0.0213. The minimum Gasteiger partial charge on any atom is -0.462 e. The van der Waals surface area contributed by atoms with Gasteiger partial charge >= 0.3 is 5.97 Å². The van der Waals surface area contributed by atoms with Crippen molar-refractivity contribution in [1.82, 2.24) is 4.98 Å². The number of rotatable bonds is 1. The fourth-order valence-corrected chi connectivity index (χ4v) is 7.09. The Balaban J connectivity index is 0.000000932. The lowest BCUT2D eigenvalue weighted by molar-refractivity contribution is -0.189. The van der Waals surface area contributed by atoms with Gasteiger partial charge in [-0.1, -0.05) is 39.8 Å². The molecule has 1 aromatic heterocycles. The fraction of sp³-hybridized carbons (Fsp3) is 0.680. The molecule has 0 amide bonds. The fourth-order valence-electron chi connectivity index (χ4n) is 7.09. The number of pyridine rings is 1. The predicted molar refractivity (Wildman–Crippen MR) is 112 cm³/mol. The van der Waals surface area contributed by atoms with E-state index in [4.69, 9.17) is 4.74 Å². The van der Waals surface area contributed by atoms with Gasteiger partial charge in [-0.05, 0) is 78.9 Å². The van der Waals surface area contributed by atoms with Gasteiger partial charge in [-0.25, -0.2) is 0 Å². The van der Waals surface area contributed by atoms with Crippen LogP contribution in [0.2, 0.25) is 0 Å². The van der Waals surface area contributed by atoms with Gasteiger partial charge in [-0.15, -0.1) is 0 Å². The number of aromatic nitrogens is 1. The summed E-state index contributed by atoms with van der Waals surface area (Å²) >= 11 is 0. The van der Waals surface area contributed by atoms with E-state index in [-0.39, 0.29) is 22.9 Å². The molecule has 152 valence electrons. The van der Waals surface area contributed by atoms with E-state index in [1.807, 2.05) is 26.2 Å². The molecule has 4 aliphatic rings. The summed E-state index contributed by atoms with van der Waals surface area (Å²) in [4.78, 5) is 16.2. The molecule has 3 fully saturated rings. The van der Waals surface area contributed by atoms with E-state index < -0.39 is 0 Å². The van der Waals surface area contributed by atoms with Crippen LogP contribution < -0.4 is 0 Å². The van der Waals surface area contributed by atoms with Crippen LogP contribution in [0.4, 0.5) is 0 Å². The van der Waals surface area contributed by atoms with Crippen LogP contribution in [0.1, 0.15) is 78.2 Å². The normalized spacial score (nSPS) is 41.4. The lowest BCUT2D eigenvalue weighted by Gasteiger charge is -2.59. The maximum Gasteiger partial charge on any atom is 0.306 e. The standard InChI is InChI=1S/C23H29NO2.C2H6/c1-22-11-9-19-16(5-8-20-23(19,2)12-10-21(25)26-20)18(22)7-6-17(22)15-4-3-13-24-14-15;1-2/h3-4,6,13-14,16,18-20H,5,7-12H2,1-2H3;1-2H3. The Morgan fingerprint density at radius 3 is 2.68 bits per heavy atom. The van der Waals surface area contributed by atoms with E-state index in [1.54, 1.807) is 0 Å². The highest BCUT2D eigenvalue weighted by atomic mass is 16.5. The zero-order valence-electron chi connectivity index (χ0n) is 17.9. The molecule has 6 unspecified atom stereocenters. The van der Waals surface area contributed by atoms with Gasteiger partial charge in [0.2, 0.25) is 0 Å². The molecule has 0 bridgehead atoms. The molecule has 3 heteroatoms. The summed E-state index contributed by atoms with van der Waals surface area (Å²) in [5, 5.41) is 0. The number of hydrogen-bond donors (Lipinski definition) is 0. The van der Waals surface area contributed by atoms with Crippen molar-refractivity contribution >= 4 is 11.5 Å². The molecule has 2 heterocycles. The van der Waals surface area contributed by atoms with Gasteiger partial charge in [-0.3, -0.25) is 9.78 Å². The Morgan fingerprint density at radius 2 is 1.93 bits per heavy atom. The van der Waals surface area contributed by atoms with Gasteiger partial charge in [0.25, 0.3) is 0 Å². The lowest BCUT2D eigenvalue weighted by atomic mass is 9.47. The third-order valence-corrected chi connectivity index (χ3v) is 8.48. The summed E-state index contributed by atoms with van der Waals surface area (Å²) in [5.74, 6) is 2.21. The topological polar surface area (TPSA) is 39.2 Å². The molecule has 0 aromatic carbocycles. The number of carbonyl (C=O) groups excluding carboxylic acids is 1. The van der Waals surface area contributed by atoms with Gasteiger partial charge in [-0.2, -0.15) is 0 Å². The zero-order chi connectivity index (χ0) is 19.9. The molecular formula is C25H35NO2. The van der Waals surface area contributed by atoms with Crippen molar-refractivity contribution in [3.05, 3.63) is 36.2 Å². The second-order valence-electron chi connectivity index (χ2n) is 9.49. The first-order valence-corrected chi connectivity index (χ1v) is 11.3. The summed E-state index contributed by atoms with van der Waals surface area (Å²) in [6.07, 6.45) is 14.2. The highest BCUT2D eigenvalue weighted by Crippen LogP contribution is 2.65. The van der Waals surface area contributed by atoms with Gasteiger partial charge in [0.15, 0.2) is 0 Å². The minimum absolute atomic E-state index is 0.0213. The molecule has 3 aliphatic carbocycles. The molecule has 1 aromatic rings. The molecule has 0 radical (unpaired) electrons. The molecule has 6 atom stereocenters. The molecular weight excluding hydrogens is 346 g/mol. The Morgan fingerprint density at radius 1 is 1.11 bits per heavy atom. The number of fused-ring (bicyclic) bond motifs is 5. The zero-order valence-corrected chi connectivity index (χ0v) is 17.9. The molecule has 28 heavy (non-hydrogen) atoms. The molecule has 2 saturated carbocycles. The van der Waals surface area contributed by atoms with Crippen molar-refractivity contribution < 1.29 is 9.53 Å². The van der Waals surface area contributed by atoms with E-state index >= 15 is 0 Å². The van der Waals surface area contributed by atoms with Crippen molar-refractivity contribution in [2.45, 2.75) is 78.7 Å². The quantitative estimate of drug-likeness (QED) is 0.556. The van der Waals surface area contributed by atoms with Crippen LogP contribution in [0.15, 0.2) is 30.6 Å². The van der Waals surface area contributed by atoms with Crippen LogP contribution in [0.5, 0.6) is 0 Å². The summed E-state index contributed by atoms with van der Waals surface area (Å²) in [5.41, 5.74) is 3.30. The monoisotopic (exact) mass is 381 g/mol. The number of hydrogen-bond acceptors (Lipinski definition) is 3. The van der Waals surface area contributed by atoms with Crippen molar-refractivity contribution in [1.29, 1.82) is 0 Å². The summed E-state index contributed by atoms with van der Waals surface area (Å²) in [7, 11) is 0. The van der Waals surface area contributed by atoms with Gasteiger partial charge in [0.1, 0.15) is 6.10 Å². The summed E-state index contributed by atoms with van der Waals surface area (Å²) in [6, 6.07) is 4.28. The van der Waals surface area contributed by atoms with E-state index in [1.165, 1.54) is 36.8 Å². The second kappa shape index (κ2) is 7.31. The average Bonchev–Trinajstić information content (AvgIpc) is 3.08. The van der Waals surface area contributed by atoms with Crippen molar-refractivity contribution in [3.63, 3.8) is 0 Å². The van der Waals surface area contributed by atoms with Gasteiger partial charge in [0.05, 0.1) is 0 Å². The van der Waals surface area contributed by atoms with Crippen LogP contribution in [0.25, 0.3) is 5.57 Å². The number of nitrogens with zero attached hydrogens (tertiary/aromatic N) is 1. The first-order chi connectivity index (χ1) is 13.5. The number of esters is 1. The predicted octanol–water partition coefficient (Wildman–Crippen LogP) is 6.05. The van der Waals surface area contributed by atoms with Crippen molar-refractivity contribution in [2.75, 3.05) is 0 Å². The molecule has 5 rings (SSSR count). The Kier molecular flexibility index (Phi) is 5.14. The number of allylic oxidation sites excluding steroid dienone is 2. The maximum absolute atomic E-state index is 11.8. The lowest BCUT2D eigenvalue weighted by Crippen LogP contribution is -2.56. The van der Waals surface area contributed by atoms with Crippen molar-refractivity contribution in [3.8, 4) is 0 Å². The summed E-state index contributed by atoms with van der Waals surface area (Å²) in [6.45, 7) is 8.91. The molecule has 1 saturated heterocycles. The molecule has 1 aliphatic heterocycles. The Hall–Kier alpha value is -1.64. The first kappa shape index (κ1) is 19.7. The number of carbonyl (C=O) groups is 1. The highest BCUT2D eigenvalue weighted by Gasteiger charge is 2.59. The smallest absolute Gasteiger partial charge is 0.306 e. The molecule has 3 nitrogen and oxygen atoms in total. The number of ether oxygens (including phenoxy) is 1. The SMILES string of the molecule is CC.CC12CCC3C(CCC4OC(=O)CCC43C)C1CC=C2c1cccnc1. The average molecular weight is 382 g/mol. The van der Waals surface area contributed by atoms with E-state index in [9.17, 15) is 4.79 Å². The first-order valence-electron chi connectivity index (χ1n) is 11.3. The molecule has 0 spiro atoms. The second-order valence-corrected chi connectivity index (χ2v) is 9.49. The molecule has 0 N–H and O–H groups in total. The van der Waals surface area contributed by atoms with Crippen molar-refractivity contribution in [2.24, 2.45) is 28.6 Å². The summed E-state index contributed by atoms with van der Waals surface area (Å²) < 4.78 is 5.81. The highest BCUT2D eigenvalue weighted by molar-refractivity contribution is 5.72. The largest absolute Gasteiger partial charge is 0.462 e. The van der Waals surface area contributed by atoms with Crippen LogP contribution >= 0.6 is 0 Å². The van der Waals surface area contributed by atoms with Crippen LogP contribution in [0, 0.1) is 28.6 Å². The van der Waals surface area contributed by atoms with Crippen LogP contribution in [-0.2, 0) is 9.53 Å². The van der Waals surface area contributed by atoms with Gasteiger partial charge < -0.3 is 4.74 Å².